The Morgan fingerprint density at radius 3 is 2.59 bits per heavy atom. The predicted molar refractivity (Wildman–Crippen MR) is 118 cm³/mol. The Bertz CT molecular complexity index is 1000. The molecular formula is C21H26Cl2N4O5. The highest BCUT2D eigenvalue weighted by Gasteiger charge is 2.34. The topological polar surface area (TPSA) is 107 Å². The van der Waals surface area contributed by atoms with E-state index in [0.717, 1.165) is 5.56 Å². The number of benzene rings is 1. The molecule has 174 valence electrons. The van der Waals surface area contributed by atoms with Gasteiger partial charge in [0.05, 0.1) is 35.0 Å². The van der Waals surface area contributed by atoms with Crippen LogP contribution in [0.1, 0.15) is 48.6 Å². The van der Waals surface area contributed by atoms with E-state index in [-0.39, 0.29) is 24.8 Å². The van der Waals surface area contributed by atoms with Gasteiger partial charge in [-0.15, -0.1) is 5.10 Å². The maximum absolute atomic E-state index is 12.8. The van der Waals surface area contributed by atoms with Crippen molar-refractivity contribution in [3.8, 4) is 0 Å². The summed E-state index contributed by atoms with van der Waals surface area (Å²) in [5.74, 6) is -1.44. The van der Waals surface area contributed by atoms with Crippen LogP contribution in [0.2, 0.25) is 10.0 Å². The van der Waals surface area contributed by atoms with Gasteiger partial charge in [0, 0.05) is 19.0 Å². The van der Waals surface area contributed by atoms with Gasteiger partial charge in [-0.05, 0) is 45.4 Å². The van der Waals surface area contributed by atoms with Crippen LogP contribution in [0.5, 0.6) is 0 Å². The number of ether oxygens (including phenoxy) is 2. The Balaban J connectivity index is 1.93. The van der Waals surface area contributed by atoms with Gasteiger partial charge in [-0.1, -0.05) is 34.5 Å². The zero-order valence-electron chi connectivity index (χ0n) is 18.3. The van der Waals surface area contributed by atoms with Crippen LogP contribution >= 0.6 is 23.2 Å². The zero-order valence-corrected chi connectivity index (χ0v) is 19.9. The van der Waals surface area contributed by atoms with Crippen molar-refractivity contribution in [2.75, 3.05) is 19.7 Å². The third kappa shape index (κ3) is 5.70. The molecule has 3 rings (SSSR count). The summed E-state index contributed by atoms with van der Waals surface area (Å²) in [5.41, 5.74) is 0.460. The SMILES string of the molecule is Cc1c(C(=O)O)nnn1C[C@@H]1CN(C(=O)OC(C)(C)C)CCO[C@H]1c1ccc(Cl)c(Cl)c1. The first-order chi connectivity index (χ1) is 15.0. The summed E-state index contributed by atoms with van der Waals surface area (Å²) in [5, 5.41) is 17.9. The fourth-order valence-corrected chi connectivity index (χ4v) is 3.86. The van der Waals surface area contributed by atoms with E-state index in [1.165, 1.54) is 4.68 Å². The van der Waals surface area contributed by atoms with Crippen molar-refractivity contribution < 1.29 is 24.2 Å². The lowest BCUT2D eigenvalue weighted by molar-refractivity contribution is 0.0230. The highest BCUT2D eigenvalue weighted by molar-refractivity contribution is 6.42. The van der Waals surface area contributed by atoms with Gasteiger partial charge in [0.2, 0.25) is 0 Å². The molecule has 32 heavy (non-hydrogen) atoms. The average Bonchev–Trinajstić information content (AvgIpc) is 2.92. The molecule has 1 N–H and O–H groups in total. The van der Waals surface area contributed by atoms with Gasteiger partial charge in [-0.2, -0.15) is 0 Å². The molecule has 2 aromatic rings. The number of carbonyl (C=O) groups excluding carboxylic acids is 1. The molecule has 1 aromatic heterocycles. The molecule has 0 aliphatic carbocycles. The van der Waals surface area contributed by atoms with E-state index in [1.54, 1.807) is 44.7 Å². The number of carbonyl (C=O) groups is 2. The molecule has 9 nitrogen and oxygen atoms in total. The summed E-state index contributed by atoms with van der Waals surface area (Å²) in [6.07, 6.45) is -0.878. The van der Waals surface area contributed by atoms with Crippen molar-refractivity contribution in [3.05, 3.63) is 45.2 Å². The number of aromatic nitrogens is 3. The van der Waals surface area contributed by atoms with Crippen molar-refractivity contribution in [2.45, 2.75) is 45.9 Å². The van der Waals surface area contributed by atoms with E-state index in [2.05, 4.69) is 10.3 Å². The van der Waals surface area contributed by atoms with Gasteiger partial charge >= 0.3 is 12.1 Å². The van der Waals surface area contributed by atoms with Gasteiger partial charge < -0.3 is 19.5 Å². The first-order valence-corrected chi connectivity index (χ1v) is 10.9. The van der Waals surface area contributed by atoms with Crippen molar-refractivity contribution in [1.29, 1.82) is 0 Å². The number of hydrogen-bond donors (Lipinski definition) is 1. The third-order valence-corrected chi connectivity index (χ3v) is 5.80. The molecule has 2 atom stereocenters. The second-order valence-electron chi connectivity index (χ2n) is 8.66. The van der Waals surface area contributed by atoms with E-state index in [4.69, 9.17) is 32.7 Å². The minimum Gasteiger partial charge on any atom is -0.476 e. The largest absolute Gasteiger partial charge is 0.476 e. The van der Waals surface area contributed by atoms with Crippen molar-refractivity contribution >= 4 is 35.3 Å². The fourth-order valence-electron chi connectivity index (χ4n) is 3.55. The number of amides is 1. The molecule has 2 heterocycles. The Morgan fingerprint density at radius 2 is 2.00 bits per heavy atom. The number of rotatable bonds is 4. The quantitative estimate of drug-likeness (QED) is 0.691. The van der Waals surface area contributed by atoms with Gasteiger partial charge in [-0.3, -0.25) is 0 Å². The minimum absolute atomic E-state index is 0.116. The summed E-state index contributed by atoms with van der Waals surface area (Å²) >= 11 is 12.3. The van der Waals surface area contributed by atoms with Crippen LogP contribution in [0, 0.1) is 12.8 Å². The number of halogens is 2. The van der Waals surface area contributed by atoms with E-state index in [1.807, 2.05) is 6.07 Å². The smallest absolute Gasteiger partial charge is 0.410 e. The molecule has 1 saturated heterocycles. The minimum atomic E-state index is -1.15. The first-order valence-electron chi connectivity index (χ1n) is 10.1. The monoisotopic (exact) mass is 484 g/mol. The number of nitrogens with zero attached hydrogens (tertiary/aromatic N) is 4. The molecule has 1 aliphatic rings. The lowest BCUT2D eigenvalue weighted by Gasteiger charge is -2.30. The molecule has 1 aliphatic heterocycles. The van der Waals surface area contributed by atoms with Gasteiger partial charge in [0.25, 0.3) is 0 Å². The van der Waals surface area contributed by atoms with Gasteiger partial charge in [0.1, 0.15) is 5.60 Å². The number of carboxylic acids is 1. The molecule has 0 radical (unpaired) electrons. The highest BCUT2D eigenvalue weighted by atomic mass is 35.5. The zero-order chi connectivity index (χ0) is 23.6. The predicted octanol–water partition coefficient (Wildman–Crippen LogP) is 4.22. The van der Waals surface area contributed by atoms with E-state index >= 15 is 0 Å². The summed E-state index contributed by atoms with van der Waals surface area (Å²) in [6.45, 7) is 8.28. The molecule has 0 spiro atoms. The van der Waals surface area contributed by atoms with Crippen LogP contribution in [0.3, 0.4) is 0 Å². The Hall–Kier alpha value is -2.36. The van der Waals surface area contributed by atoms with Crippen molar-refractivity contribution in [3.63, 3.8) is 0 Å². The van der Waals surface area contributed by atoms with Crippen LogP contribution in [0.25, 0.3) is 0 Å². The van der Waals surface area contributed by atoms with Crippen LogP contribution in [-0.4, -0.2) is 62.4 Å². The second kappa shape index (κ2) is 9.64. The van der Waals surface area contributed by atoms with Crippen molar-refractivity contribution in [2.24, 2.45) is 5.92 Å². The van der Waals surface area contributed by atoms with Gasteiger partial charge in [-0.25, -0.2) is 14.3 Å². The summed E-state index contributed by atoms with van der Waals surface area (Å²) in [7, 11) is 0. The maximum atomic E-state index is 12.8. The lowest BCUT2D eigenvalue weighted by Crippen LogP contribution is -2.41. The summed E-state index contributed by atoms with van der Waals surface area (Å²) < 4.78 is 13.2. The molecule has 1 amide bonds. The Morgan fingerprint density at radius 1 is 1.28 bits per heavy atom. The highest BCUT2D eigenvalue weighted by Crippen LogP contribution is 2.34. The average molecular weight is 485 g/mol. The van der Waals surface area contributed by atoms with Gasteiger partial charge in [0.15, 0.2) is 5.69 Å². The molecule has 11 heteroatoms. The van der Waals surface area contributed by atoms with Crippen LogP contribution in [0.4, 0.5) is 4.79 Å². The van der Waals surface area contributed by atoms with Crippen molar-refractivity contribution in [1.82, 2.24) is 19.9 Å². The maximum Gasteiger partial charge on any atom is 0.410 e. The van der Waals surface area contributed by atoms with E-state index in [9.17, 15) is 14.7 Å². The Kier molecular flexibility index (Phi) is 7.32. The van der Waals surface area contributed by atoms with Crippen LogP contribution < -0.4 is 0 Å². The van der Waals surface area contributed by atoms with E-state index in [0.29, 0.717) is 28.8 Å². The second-order valence-corrected chi connectivity index (χ2v) is 9.48. The number of aromatic carboxylic acids is 1. The first kappa shape index (κ1) is 24.3. The number of hydrogen-bond acceptors (Lipinski definition) is 6. The third-order valence-electron chi connectivity index (χ3n) is 5.06. The Labute approximate surface area is 196 Å². The molecule has 0 saturated carbocycles. The summed E-state index contributed by atoms with van der Waals surface area (Å²) in [6, 6.07) is 5.26. The molecule has 0 bridgehead atoms. The normalized spacial score (nSPS) is 19.5. The summed E-state index contributed by atoms with van der Waals surface area (Å²) in [4.78, 5) is 25.7. The van der Waals surface area contributed by atoms with Crippen LogP contribution in [-0.2, 0) is 16.0 Å². The molecule has 1 aromatic carbocycles. The lowest BCUT2D eigenvalue weighted by atomic mass is 9.95. The number of carboxylic acid groups (broad SMARTS) is 1. The van der Waals surface area contributed by atoms with E-state index < -0.39 is 23.8 Å². The molecular weight excluding hydrogens is 459 g/mol. The molecule has 0 unspecified atom stereocenters. The fraction of sp³-hybridized carbons (Fsp3) is 0.524. The molecule has 1 fully saturated rings. The standard InChI is InChI=1S/C21H26Cl2N4O5/c1-12-17(19(28)29)24-25-27(12)11-14-10-26(20(30)32-21(2,3)4)7-8-31-18(14)13-5-6-15(22)16(23)9-13/h5-6,9,14,18H,7-8,10-11H2,1-4H3,(H,28,29)/t14-,18-/m0/s1. The van der Waals surface area contributed by atoms with Crippen LogP contribution in [0.15, 0.2) is 18.2 Å².